The van der Waals surface area contributed by atoms with Gasteiger partial charge in [0, 0.05) is 25.0 Å². The summed E-state index contributed by atoms with van der Waals surface area (Å²) >= 11 is 0. The van der Waals surface area contributed by atoms with Gasteiger partial charge < -0.3 is 9.47 Å². The molecule has 5 heteroatoms. The quantitative estimate of drug-likeness (QED) is 0.346. The Balaban J connectivity index is 2.17. The van der Waals surface area contributed by atoms with Crippen molar-refractivity contribution in [3.8, 4) is 0 Å². The Kier molecular flexibility index (Phi) is 8.14. The Hall–Kier alpha value is -3.73. The van der Waals surface area contributed by atoms with E-state index in [0.29, 0.717) is 0 Å². The van der Waals surface area contributed by atoms with Crippen molar-refractivity contribution in [2.75, 3.05) is 6.61 Å². The highest BCUT2D eigenvalue weighted by molar-refractivity contribution is 6.13. The number of benzene rings is 3. The molecule has 0 aromatic heterocycles. The molecule has 0 heterocycles. The lowest BCUT2D eigenvalue weighted by atomic mass is 9.97. The molecule has 0 aliphatic rings. The molecule has 0 saturated carbocycles. The minimum atomic E-state index is -0.778. The van der Waals surface area contributed by atoms with E-state index in [1.165, 1.54) is 13.8 Å². The number of carbonyl (C=O) groups is 2. The van der Waals surface area contributed by atoms with Gasteiger partial charge in [-0.1, -0.05) is 90.0 Å². The molecule has 0 N–H and O–H groups in total. The van der Waals surface area contributed by atoms with Gasteiger partial charge in [-0.2, -0.15) is 0 Å². The summed E-state index contributed by atoms with van der Waals surface area (Å²) in [4.78, 5) is 28.6. The molecule has 0 bridgehead atoms. The van der Waals surface area contributed by atoms with E-state index in [-0.39, 0.29) is 6.61 Å². The number of nitrogens with zero attached hydrogens (tertiary/aromatic N) is 1. The maximum Gasteiger partial charge on any atom is 0.303 e. The molecule has 2 atom stereocenters. The minimum Gasteiger partial charge on any atom is -0.462 e. The monoisotopic (exact) mass is 443 g/mol. The lowest BCUT2D eigenvalue weighted by molar-refractivity contribution is -0.157. The Morgan fingerprint density at radius 2 is 1.27 bits per heavy atom. The number of aliphatic imine (C=N–C) groups is 1. The fourth-order valence-corrected chi connectivity index (χ4v) is 3.50. The van der Waals surface area contributed by atoms with Gasteiger partial charge in [-0.05, 0) is 19.4 Å². The van der Waals surface area contributed by atoms with Crippen molar-refractivity contribution < 1.29 is 19.1 Å². The van der Waals surface area contributed by atoms with Gasteiger partial charge in [0.05, 0.1) is 5.71 Å². The molecule has 5 nitrogen and oxygen atoms in total. The van der Waals surface area contributed by atoms with Gasteiger partial charge in [-0.25, -0.2) is 0 Å². The first-order valence-electron chi connectivity index (χ1n) is 10.9. The van der Waals surface area contributed by atoms with Gasteiger partial charge in [0.25, 0.3) is 0 Å². The van der Waals surface area contributed by atoms with Crippen molar-refractivity contribution in [2.24, 2.45) is 4.99 Å². The van der Waals surface area contributed by atoms with Gasteiger partial charge in [0.15, 0.2) is 6.10 Å². The molecule has 0 aliphatic carbocycles. The van der Waals surface area contributed by atoms with Crippen LogP contribution in [0.25, 0.3) is 0 Å². The summed E-state index contributed by atoms with van der Waals surface area (Å²) in [5, 5.41) is 0. The average Bonchev–Trinajstić information content (AvgIpc) is 2.79. The second-order valence-electron chi connectivity index (χ2n) is 8.02. The first kappa shape index (κ1) is 23.9. The average molecular weight is 444 g/mol. The molecule has 0 fully saturated rings. The first-order chi connectivity index (χ1) is 15.8. The van der Waals surface area contributed by atoms with Crippen molar-refractivity contribution in [3.63, 3.8) is 0 Å². The van der Waals surface area contributed by atoms with Crippen LogP contribution in [0.5, 0.6) is 0 Å². The summed E-state index contributed by atoms with van der Waals surface area (Å²) in [6.45, 7) is 6.65. The van der Waals surface area contributed by atoms with Crippen LogP contribution in [0.4, 0.5) is 0 Å². The van der Waals surface area contributed by atoms with E-state index in [2.05, 4.69) is 0 Å². The summed E-state index contributed by atoms with van der Waals surface area (Å²) in [7, 11) is 0. The van der Waals surface area contributed by atoms with Crippen LogP contribution in [0.1, 0.15) is 47.7 Å². The molecule has 0 spiro atoms. The fraction of sp³-hybridized carbons (Fsp3) is 0.250. The SMILES string of the molecule is CC(=O)OC[C@@H](OC(C)=O)[C@@H](N=C(c1ccc(C)cc1)c1ccc(C)cc1)c1ccccc1. The van der Waals surface area contributed by atoms with Crippen LogP contribution in [-0.4, -0.2) is 30.4 Å². The summed E-state index contributed by atoms with van der Waals surface area (Å²) in [5.74, 6) is -0.907. The van der Waals surface area contributed by atoms with Crippen LogP contribution in [0.15, 0.2) is 83.9 Å². The minimum absolute atomic E-state index is 0.0902. The maximum absolute atomic E-state index is 11.9. The van der Waals surface area contributed by atoms with E-state index in [9.17, 15) is 9.59 Å². The zero-order chi connectivity index (χ0) is 23.8. The Labute approximate surface area is 195 Å². The molecule has 0 aliphatic heterocycles. The molecule has 33 heavy (non-hydrogen) atoms. The van der Waals surface area contributed by atoms with Crippen LogP contribution in [-0.2, 0) is 19.1 Å². The van der Waals surface area contributed by atoms with Gasteiger partial charge >= 0.3 is 11.9 Å². The molecular weight excluding hydrogens is 414 g/mol. The number of esters is 2. The molecule has 0 amide bonds. The van der Waals surface area contributed by atoms with Crippen molar-refractivity contribution in [1.29, 1.82) is 0 Å². The number of ether oxygens (including phenoxy) is 2. The van der Waals surface area contributed by atoms with Crippen LogP contribution < -0.4 is 0 Å². The van der Waals surface area contributed by atoms with E-state index < -0.39 is 24.1 Å². The molecule has 0 radical (unpaired) electrons. The van der Waals surface area contributed by atoms with Crippen molar-refractivity contribution in [2.45, 2.75) is 39.8 Å². The lowest BCUT2D eigenvalue weighted by Gasteiger charge is -2.25. The predicted molar refractivity (Wildman–Crippen MR) is 129 cm³/mol. The van der Waals surface area contributed by atoms with E-state index >= 15 is 0 Å². The van der Waals surface area contributed by atoms with Gasteiger partial charge in [-0.3, -0.25) is 14.6 Å². The number of hydrogen-bond acceptors (Lipinski definition) is 5. The molecule has 3 aromatic carbocycles. The predicted octanol–water partition coefficient (Wildman–Crippen LogP) is 5.38. The molecule has 3 aromatic rings. The molecule has 3 rings (SSSR count). The van der Waals surface area contributed by atoms with E-state index in [1.807, 2.05) is 92.7 Å². The standard InChI is InChI=1S/C28H29NO4/c1-19-10-14-24(15-11-19)27(25-16-12-20(2)13-17-25)29-28(23-8-6-5-7-9-23)26(33-22(4)31)18-32-21(3)30/h5-17,26,28H,18H2,1-4H3/t26-,28+/m1/s1. The van der Waals surface area contributed by atoms with Crippen LogP contribution >= 0.6 is 0 Å². The van der Waals surface area contributed by atoms with Crippen LogP contribution in [0.3, 0.4) is 0 Å². The highest BCUT2D eigenvalue weighted by Gasteiger charge is 2.28. The summed E-state index contributed by atoms with van der Waals surface area (Å²) in [5.41, 5.74) is 5.80. The van der Waals surface area contributed by atoms with Crippen molar-refractivity contribution in [1.82, 2.24) is 0 Å². The largest absolute Gasteiger partial charge is 0.462 e. The molecule has 170 valence electrons. The molecule has 0 unspecified atom stereocenters. The smallest absolute Gasteiger partial charge is 0.303 e. The van der Waals surface area contributed by atoms with Gasteiger partial charge in [-0.15, -0.1) is 0 Å². The van der Waals surface area contributed by atoms with Gasteiger partial charge in [0.1, 0.15) is 12.6 Å². The van der Waals surface area contributed by atoms with Crippen LogP contribution in [0.2, 0.25) is 0 Å². The number of carbonyl (C=O) groups excluding carboxylic acids is 2. The number of aryl methyl sites for hydroxylation is 2. The second-order valence-corrected chi connectivity index (χ2v) is 8.02. The Morgan fingerprint density at radius 3 is 1.73 bits per heavy atom. The summed E-state index contributed by atoms with van der Waals surface area (Å²) in [6, 6.07) is 25.3. The van der Waals surface area contributed by atoms with E-state index in [1.54, 1.807) is 0 Å². The highest BCUT2D eigenvalue weighted by atomic mass is 16.6. The Bertz CT molecular complexity index is 1060. The number of rotatable bonds is 8. The van der Waals surface area contributed by atoms with Crippen LogP contribution in [0, 0.1) is 13.8 Å². The first-order valence-corrected chi connectivity index (χ1v) is 10.9. The Morgan fingerprint density at radius 1 is 0.758 bits per heavy atom. The van der Waals surface area contributed by atoms with Crippen molar-refractivity contribution in [3.05, 3.63) is 107 Å². The molecular formula is C28H29NO4. The van der Waals surface area contributed by atoms with E-state index in [0.717, 1.165) is 33.5 Å². The third kappa shape index (κ3) is 6.88. The van der Waals surface area contributed by atoms with Gasteiger partial charge in [0.2, 0.25) is 0 Å². The summed E-state index contributed by atoms with van der Waals surface area (Å²) < 4.78 is 10.9. The number of hydrogen-bond donors (Lipinski definition) is 0. The zero-order valence-corrected chi connectivity index (χ0v) is 19.4. The highest BCUT2D eigenvalue weighted by Crippen LogP contribution is 2.27. The summed E-state index contributed by atoms with van der Waals surface area (Å²) in [6.07, 6.45) is -0.778. The third-order valence-electron chi connectivity index (χ3n) is 5.18. The van der Waals surface area contributed by atoms with E-state index in [4.69, 9.17) is 14.5 Å². The van der Waals surface area contributed by atoms with Crippen molar-refractivity contribution >= 4 is 17.7 Å². The zero-order valence-electron chi connectivity index (χ0n) is 19.4. The fourth-order valence-electron chi connectivity index (χ4n) is 3.50. The second kappa shape index (κ2) is 11.2. The maximum atomic E-state index is 11.9. The normalized spacial score (nSPS) is 12.4. The topological polar surface area (TPSA) is 65.0 Å². The third-order valence-corrected chi connectivity index (χ3v) is 5.18. The molecule has 0 saturated heterocycles. The lowest BCUT2D eigenvalue weighted by Crippen LogP contribution is -2.30.